The normalized spacial score (nSPS) is 20.1. The van der Waals surface area contributed by atoms with Crippen LogP contribution in [-0.4, -0.2) is 69.3 Å². The van der Waals surface area contributed by atoms with Gasteiger partial charge in [0, 0.05) is 25.1 Å². The first-order chi connectivity index (χ1) is 17.8. The Morgan fingerprint density at radius 2 is 1.84 bits per heavy atom. The number of hydrogen-bond acceptors (Lipinski definition) is 6. The first-order valence-electron chi connectivity index (χ1n) is 12.5. The molecule has 2 aromatic rings. The average Bonchev–Trinajstić information content (AvgIpc) is 3.20. The molecule has 0 saturated carbocycles. The smallest absolute Gasteiger partial charge is 0.410 e. The SMILES string of the molecule is CNC(=O)C1CN(C(C)c2ccc(OC(F)F)cc2)C(=O)c2c3c(nn21)C[C@@H](C)N(C(=O)OC(C)(C)C)C3. The Bertz CT molecular complexity index is 1220. The Hall–Kier alpha value is -3.70. The van der Waals surface area contributed by atoms with Gasteiger partial charge < -0.3 is 24.6 Å². The number of nitrogens with one attached hydrogen (secondary N) is 1. The Kier molecular flexibility index (Phi) is 7.35. The standard InChI is InChI=1S/C26H33F2N5O5/c1-14-11-19-18(12-31(14)25(36)38-26(3,4)5)21-23(35)32(13-20(22(34)29-6)33(21)30-19)15(2)16-7-9-17(10-8-16)37-24(27)28/h7-10,14-15,20,24H,11-13H2,1-6H3,(H,29,34)/t14-,15?,20?/m1/s1. The zero-order chi connectivity index (χ0) is 27.9. The topological polar surface area (TPSA) is 106 Å². The maximum absolute atomic E-state index is 13.9. The molecule has 1 aromatic heterocycles. The van der Waals surface area contributed by atoms with Crippen molar-refractivity contribution < 1.29 is 32.6 Å². The van der Waals surface area contributed by atoms with Crippen molar-refractivity contribution in [2.75, 3.05) is 13.6 Å². The molecule has 3 amide bonds. The number of nitrogens with zero attached hydrogens (tertiary/aromatic N) is 4. The van der Waals surface area contributed by atoms with Crippen LogP contribution in [0.25, 0.3) is 0 Å². The summed E-state index contributed by atoms with van der Waals surface area (Å²) in [5, 5.41) is 7.31. The van der Waals surface area contributed by atoms with Gasteiger partial charge in [0.2, 0.25) is 5.91 Å². The molecule has 3 heterocycles. The van der Waals surface area contributed by atoms with Crippen LogP contribution in [0.2, 0.25) is 0 Å². The highest BCUT2D eigenvalue weighted by Gasteiger charge is 2.44. The van der Waals surface area contributed by atoms with Crippen LogP contribution >= 0.6 is 0 Å². The molecule has 0 spiro atoms. The minimum absolute atomic E-state index is 0.00709. The fraction of sp³-hybridized carbons (Fsp3) is 0.538. The summed E-state index contributed by atoms with van der Waals surface area (Å²) in [5.41, 5.74) is 1.51. The lowest BCUT2D eigenvalue weighted by atomic mass is 9.97. The highest BCUT2D eigenvalue weighted by atomic mass is 19.3. The summed E-state index contributed by atoms with van der Waals surface area (Å²) in [7, 11) is 1.52. The van der Waals surface area contributed by atoms with E-state index in [2.05, 4.69) is 15.2 Å². The summed E-state index contributed by atoms with van der Waals surface area (Å²) in [5.74, 6) is -0.640. The van der Waals surface area contributed by atoms with E-state index in [1.54, 1.807) is 49.6 Å². The molecule has 0 fully saturated rings. The van der Waals surface area contributed by atoms with Gasteiger partial charge in [-0.1, -0.05) is 12.1 Å². The Labute approximate surface area is 219 Å². The number of likely N-dealkylation sites (N-methyl/N-ethyl adjacent to an activating group) is 1. The van der Waals surface area contributed by atoms with Gasteiger partial charge in [-0.25, -0.2) is 9.48 Å². The van der Waals surface area contributed by atoms with Gasteiger partial charge >= 0.3 is 12.7 Å². The van der Waals surface area contributed by atoms with Gasteiger partial charge in [0.1, 0.15) is 23.1 Å². The van der Waals surface area contributed by atoms with Crippen molar-refractivity contribution in [1.82, 2.24) is 24.9 Å². The van der Waals surface area contributed by atoms with Crippen molar-refractivity contribution >= 4 is 17.9 Å². The minimum Gasteiger partial charge on any atom is -0.444 e. The molecular weight excluding hydrogens is 500 g/mol. The number of benzene rings is 1. The van der Waals surface area contributed by atoms with Crippen molar-refractivity contribution in [3.8, 4) is 5.75 Å². The number of hydrogen-bond donors (Lipinski definition) is 1. The molecule has 10 nitrogen and oxygen atoms in total. The number of halogens is 2. The number of aromatic nitrogens is 2. The molecule has 4 rings (SSSR count). The Morgan fingerprint density at radius 1 is 1.18 bits per heavy atom. The van der Waals surface area contributed by atoms with Crippen LogP contribution in [0.5, 0.6) is 5.75 Å². The second-order valence-corrected chi connectivity index (χ2v) is 10.6. The summed E-state index contributed by atoms with van der Waals surface area (Å²) < 4.78 is 36.6. The van der Waals surface area contributed by atoms with Gasteiger partial charge in [-0.2, -0.15) is 13.9 Å². The number of carbonyl (C=O) groups is 3. The number of carbonyl (C=O) groups excluding carboxylic acids is 3. The fourth-order valence-electron chi connectivity index (χ4n) is 4.86. The number of ether oxygens (including phenoxy) is 2. The number of alkyl halides is 2. The van der Waals surface area contributed by atoms with E-state index in [-0.39, 0.29) is 42.4 Å². The van der Waals surface area contributed by atoms with Gasteiger partial charge in [-0.3, -0.25) is 9.59 Å². The van der Waals surface area contributed by atoms with E-state index in [9.17, 15) is 23.2 Å². The van der Waals surface area contributed by atoms with E-state index in [1.165, 1.54) is 23.9 Å². The molecule has 38 heavy (non-hydrogen) atoms. The summed E-state index contributed by atoms with van der Waals surface area (Å²) in [6.07, 6.45) is -0.0817. The molecule has 1 aromatic carbocycles. The summed E-state index contributed by atoms with van der Waals surface area (Å²) in [6, 6.07) is 4.55. The van der Waals surface area contributed by atoms with Crippen molar-refractivity contribution in [3.63, 3.8) is 0 Å². The van der Waals surface area contributed by atoms with E-state index in [0.717, 1.165) is 0 Å². The molecule has 1 N–H and O–H groups in total. The van der Waals surface area contributed by atoms with Crippen molar-refractivity contribution in [1.29, 1.82) is 0 Å². The third-order valence-corrected chi connectivity index (χ3v) is 6.80. The molecule has 0 saturated heterocycles. The van der Waals surface area contributed by atoms with Gasteiger partial charge in [0.15, 0.2) is 0 Å². The summed E-state index contributed by atoms with van der Waals surface area (Å²) in [6.45, 7) is 6.29. The number of fused-ring (bicyclic) bond motifs is 3. The zero-order valence-electron chi connectivity index (χ0n) is 22.3. The van der Waals surface area contributed by atoms with Crippen molar-refractivity contribution in [2.45, 2.75) is 77.9 Å². The molecule has 206 valence electrons. The largest absolute Gasteiger partial charge is 0.444 e. The maximum atomic E-state index is 13.9. The van der Waals surface area contributed by atoms with Crippen LogP contribution < -0.4 is 10.1 Å². The monoisotopic (exact) mass is 533 g/mol. The first kappa shape index (κ1) is 27.3. The van der Waals surface area contributed by atoms with Gasteiger partial charge in [-0.05, 0) is 52.3 Å². The maximum Gasteiger partial charge on any atom is 0.410 e. The number of rotatable bonds is 5. The van der Waals surface area contributed by atoms with Gasteiger partial charge in [0.25, 0.3) is 5.91 Å². The second-order valence-electron chi connectivity index (χ2n) is 10.6. The molecular formula is C26H33F2N5O5. The van der Waals surface area contributed by atoms with E-state index in [0.29, 0.717) is 23.2 Å². The highest BCUT2D eigenvalue weighted by molar-refractivity contribution is 5.97. The lowest BCUT2D eigenvalue weighted by Gasteiger charge is -2.38. The molecule has 2 aliphatic heterocycles. The third-order valence-electron chi connectivity index (χ3n) is 6.80. The van der Waals surface area contributed by atoms with Crippen LogP contribution in [0, 0.1) is 0 Å². The molecule has 0 radical (unpaired) electrons. The first-order valence-corrected chi connectivity index (χ1v) is 12.5. The molecule has 0 aliphatic carbocycles. The van der Waals surface area contributed by atoms with E-state index in [1.807, 2.05) is 6.92 Å². The van der Waals surface area contributed by atoms with Crippen molar-refractivity contribution in [2.24, 2.45) is 0 Å². The average molecular weight is 534 g/mol. The molecule has 12 heteroatoms. The van der Waals surface area contributed by atoms with E-state index < -0.39 is 30.4 Å². The molecule has 3 atom stereocenters. The Balaban J connectivity index is 1.69. The predicted octanol–water partition coefficient (Wildman–Crippen LogP) is 3.67. The van der Waals surface area contributed by atoms with Gasteiger partial charge in [-0.15, -0.1) is 0 Å². The predicted molar refractivity (Wildman–Crippen MR) is 133 cm³/mol. The molecule has 2 unspecified atom stereocenters. The molecule has 0 bridgehead atoms. The van der Waals surface area contributed by atoms with Crippen LogP contribution in [0.1, 0.15) is 74.0 Å². The molecule has 2 aliphatic rings. The lowest BCUT2D eigenvalue weighted by Crippen LogP contribution is -2.49. The summed E-state index contributed by atoms with van der Waals surface area (Å²) in [4.78, 5) is 42.9. The van der Waals surface area contributed by atoms with Crippen LogP contribution in [-0.2, 0) is 22.5 Å². The van der Waals surface area contributed by atoms with Crippen molar-refractivity contribution in [3.05, 3.63) is 46.8 Å². The minimum atomic E-state index is -2.94. The highest BCUT2D eigenvalue weighted by Crippen LogP contribution is 2.36. The fourth-order valence-corrected chi connectivity index (χ4v) is 4.86. The van der Waals surface area contributed by atoms with E-state index in [4.69, 9.17) is 4.74 Å². The van der Waals surface area contributed by atoms with Crippen LogP contribution in [0.4, 0.5) is 13.6 Å². The van der Waals surface area contributed by atoms with Crippen LogP contribution in [0.15, 0.2) is 24.3 Å². The Morgan fingerprint density at radius 3 is 2.42 bits per heavy atom. The van der Waals surface area contributed by atoms with E-state index >= 15 is 0 Å². The summed E-state index contributed by atoms with van der Waals surface area (Å²) >= 11 is 0. The van der Waals surface area contributed by atoms with Crippen LogP contribution in [0.3, 0.4) is 0 Å². The van der Waals surface area contributed by atoms with Gasteiger partial charge in [0.05, 0.1) is 24.8 Å². The second kappa shape index (κ2) is 10.2. The lowest BCUT2D eigenvalue weighted by molar-refractivity contribution is -0.125. The zero-order valence-corrected chi connectivity index (χ0v) is 22.3. The number of amides is 3. The quantitative estimate of drug-likeness (QED) is 0.629. The third kappa shape index (κ3) is 5.30.